The van der Waals surface area contributed by atoms with Crippen molar-refractivity contribution in [2.45, 2.75) is 64.2 Å². The van der Waals surface area contributed by atoms with Crippen LogP contribution in [0.1, 0.15) is 38.3 Å². The summed E-state index contributed by atoms with van der Waals surface area (Å²) in [7, 11) is 0. The summed E-state index contributed by atoms with van der Waals surface area (Å²) in [6.07, 6.45) is 2.65. The number of aromatic nitrogens is 1. The Labute approximate surface area is 232 Å². The highest BCUT2D eigenvalue weighted by molar-refractivity contribution is 5.94. The maximum atomic E-state index is 13.5. The first-order valence-corrected chi connectivity index (χ1v) is 13.2. The number of hydrogen-bond acceptors (Lipinski definition) is 6. The lowest BCUT2D eigenvalue weighted by atomic mass is 9.96. The molecule has 0 saturated heterocycles. The highest BCUT2D eigenvalue weighted by Crippen LogP contribution is 2.19. The number of nitrogens with two attached hydrogens (primary N) is 1. The molecule has 0 aliphatic rings. The van der Waals surface area contributed by atoms with Crippen LogP contribution in [0.3, 0.4) is 0 Å². The fourth-order valence-corrected chi connectivity index (χ4v) is 4.31. The van der Waals surface area contributed by atoms with Crippen molar-refractivity contribution in [3.63, 3.8) is 0 Å². The minimum Gasteiger partial charge on any atom is -0.508 e. The molecule has 0 saturated carbocycles. The molecule has 1 heterocycles. The summed E-state index contributed by atoms with van der Waals surface area (Å²) >= 11 is 0. The van der Waals surface area contributed by atoms with E-state index in [-0.39, 0.29) is 24.5 Å². The number of para-hydroxylation sites is 1. The number of phenolic OH excluding ortho intramolecular Hbond substituents is 1. The number of benzene rings is 2. The van der Waals surface area contributed by atoms with E-state index in [1.165, 1.54) is 19.1 Å². The number of aliphatic carboxylic acids is 1. The summed E-state index contributed by atoms with van der Waals surface area (Å²) in [6, 6.07) is 9.53. The van der Waals surface area contributed by atoms with Gasteiger partial charge >= 0.3 is 5.97 Å². The van der Waals surface area contributed by atoms with Crippen molar-refractivity contribution in [3.8, 4) is 5.75 Å². The van der Waals surface area contributed by atoms with Gasteiger partial charge in [0.05, 0.1) is 6.04 Å². The average Bonchev–Trinajstić information content (AvgIpc) is 3.34. The molecule has 0 radical (unpaired) electrons. The molecule has 5 atom stereocenters. The topological polar surface area (TPSA) is 187 Å². The largest absolute Gasteiger partial charge is 0.508 e. The van der Waals surface area contributed by atoms with Crippen LogP contribution in [0.2, 0.25) is 0 Å². The summed E-state index contributed by atoms with van der Waals surface area (Å²) in [5.41, 5.74) is 8.67. The van der Waals surface area contributed by atoms with Gasteiger partial charge in [-0.1, -0.05) is 50.6 Å². The first-order valence-electron chi connectivity index (χ1n) is 13.2. The number of amides is 3. The van der Waals surface area contributed by atoms with Crippen molar-refractivity contribution in [1.82, 2.24) is 20.9 Å². The Bertz CT molecular complexity index is 1340. The predicted molar refractivity (Wildman–Crippen MR) is 150 cm³/mol. The van der Waals surface area contributed by atoms with Crippen LogP contribution in [-0.2, 0) is 32.0 Å². The van der Waals surface area contributed by atoms with Gasteiger partial charge in [-0.3, -0.25) is 19.2 Å². The van der Waals surface area contributed by atoms with E-state index >= 15 is 0 Å². The van der Waals surface area contributed by atoms with Crippen LogP contribution in [0.5, 0.6) is 5.75 Å². The van der Waals surface area contributed by atoms with E-state index in [0.717, 1.165) is 16.5 Å². The van der Waals surface area contributed by atoms with Crippen molar-refractivity contribution in [2.24, 2.45) is 11.7 Å². The Morgan fingerprint density at radius 1 is 0.900 bits per heavy atom. The fraction of sp³-hybridized carbons (Fsp3) is 0.379. The second-order valence-corrected chi connectivity index (χ2v) is 10.0. The zero-order chi connectivity index (χ0) is 29.4. The van der Waals surface area contributed by atoms with Gasteiger partial charge in [-0.05, 0) is 48.6 Å². The summed E-state index contributed by atoms with van der Waals surface area (Å²) < 4.78 is 0. The number of hydrogen-bond donors (Lipinski definition) is 7. The normalized spacial score (nSPS) is 14.9. The zero-order valence-corrected chi connectivity index (χ0v) is 22.8. The number of nitrogens with one attached hydrogen (secondary N) is 4. The molecule has 3 amide bonds. The minimum absolute atomic E-state index is 0.0332. The fourth-order valence-electron chi connectivity index (χ4n) is 4.31. The van der Waals surface area contributed by atoms with Crippen molar-refractivity contribution < 1.29 is 29.4 Å². The smallest absolute Gasteiger partial charge is 0.325 e. The molecule has 3 aromatic rings. The molecule has 40 heavy (non-hydrogen) atoms. The molecule has 0 aliphatic carbocycles. The van der Waals surface area contributed by atoms with Gasteiger partial charge in [0.2, 0.25) is 17.7 Å². The molecular weight excluding hydrogens is 514 g/mol. The zero-order valence-electron chi connectivity index (χ0n) is 22.8. The molecule has 0 bridgehead atoms. The van der Waals surface area contributed by atoms with E-state index in [2.05, 4.69) is 20.9 Å². The Morgan fingerprint density at radius 2 is 1.57 bits per heavy atom. The summed E-state index contributed by atoms with van der Waals surface area (Å²) in [5.74, 6) is -3.27. The second kappa shape index (κ2) is 13.6. The molecule has 5 unspecified atom stereocenters. The van der Waals surface area contributed by atoms with Crippen LogP contribution in [0.25, 0.3) is 10.9 Å². The highest BCUT2D eigenvalue weighted by Gasteiger charge is 2.32. The minimum atomic E-state index is -1.23. The first kappa shape index (κ1) is 30.2. The Kier molecular flexibility index (Phi) is 10.3. The SMILES string of the molecule is CCC(C)C(NC(=O)C(N)Cc1c[nH]c2ccccc12)C(=O)NC(Cc1ccc(O)cc1)C(=O)NC(C)C(=O)O. The highest BCUT2D eigenvalue weighted by atomic mass is 16.4. The van der Waals surface area contributed by atoms with Crippen molar-refractivity contribution in [2.75, 3.05) is 0 Å². The number of aromatic amines is 1. The van der Waals surface area contributed by atoms with Crippen LogP contribution in [0, 0.1) is 5.92 Å². The molecule has 0 spiro atoms. The molecule has 11 nitrogen and oxygen atoms in total. The van der Waals surface area contributed by atoms with E-state index in [1.807, 2.05) is 31.2 Å². The molecule has 0 fully saturated rings. The number of carbonyl (C=O) groups is 4. The standard InChI is InChI=1S/C29H37N5O6/c1-4-16(2)25(34-26(36)22(30)14-19-15-31-23-8-6-5-7-21(19)23)28(38)33-24(27(37)32-17(3)29(39)40)13-18-9-11-20(35)12-10-18/h5-12,15-17,22,24-25,31,35H,4,13-14,30H2,1-3H3,(H,32,37)(H,33,38)(H,34,36)(H,39,40). The van der Waals surface area contributed by atoms with Gasteiger partial charge in [0, 0.05) is 23.5 Å². The quantitative estimate of drug-likeness (QED) is 0.168. The molecular formula is C29H37N5O6. The number of carbonyl (C=O) groups excluding carboxylic acids is 3. The number of fused-ring (bicyclic) bond motifs is 1. The number of carboxylic acid groups (broad SMARTS) is 1. The van der Waals surface area contributed by atoms with E-state index in [4.69, 9.17) is 5.73 Å². The maximum Gasteiger partial charge on any atom is 0.325 e. The average molecular weight is 552 g/mol. The van der Waals surface area contributed by atoms with Gasteiger partial charge in [0.25, 0.3) is 0 Å². The number of H-pyrrole nitrogens is 1. The van der Waals surface area contributed by atoms with Crippen molar-refractivity contribution >= 4 is 34.6 Å². The second-order valence-electron chi connectivity index (χ2n) is 10.0. The monoisotopic (exact) mass is 551 g/mol. The molecule has 8 N–H and O–H groups in total. The van der Waals surface area contributed by atoms with Crippen molar-refractivity contribution in [3.05, 3.63) is 65.9 Å². The van der Waals surface area contributed by atoms with Crippen molar-refractivity contribution in [1.29, 1.82) is 0 Å². The molecule has 11 heteroatoms. The van der Waals surface area contributed by atoms with Crippen LogP contribution < -0.4 is 21.7 Å². The van der Waals surface area contributed by atoms with Gasteiger partial charge in [0.1, 0.15) is 23.9 Å². The molecule has 0 aliphatic heterocycles. The van der Waals surface area contributed by atoms with E-state index in [1.54, 1.807) is 25.3 Å². The Hall–Kier alpha value is -4.38. The van der Waals surface area contributed by atoms with Crippen LogP contribution in [0.15, 0.2) is 54.7 Å². The Morgan fingerprint density at radius 3 is 2.23 bits per heavy atom. The molecule has 3 rings (SSSR count). The molecule has 2 aromatic carbocycles. The van der Waals surface area contributed by atoms with Gasteiger partial charge in [0.15, 0.2) is 0 Å². The number of aromatic hydroxyl groups is 1. The van der Waals surface area contributed by atoms with E-state index in [0.29, 0.717) is 12.0 Å². The number of phenols is 1. The van der Waals surface area contributed by atoms with Crippen LogP contribution in [-0.4, -0.2) is 63.1 Å². The maximum absolute atomic E-state index is 13.5. The van der Waals surface area contributed by atoms with Gasteiger partial charge in [-0.25, -0.2) is 0 Å². The summed E-state index contributed by atoms with van der Waals surface area (Å²) in [6.45, 7) is 4.99. The molecule has 1 aromatic heterocycles. The lowest BCUT2D eigenvalue weighted by Gasteiger charge is -2.28. The molecule has 214 valence electrons. The first-order chi connectivity index (χ1) is 19.0. The Balaban J connectivity index is 1.75. The van der Waals surface area contributed by atoms with Gasteiger partial charge in [-0.2, -0.15) is 0 Å². The van der Waals surface area contributed by atoms with Crippen LogP contribution >= 0.6 is 0 Å². The van der Waals surface area contributed by atoms with E-state index < -0.39 is 47.9 Å². The predicted octanol–water partition coefficient (Wildman–Crippen LogP) is 1.59. The van der Waals surface area contributed by atoms with Gasteiger partial charge < -0.3 is 36.9 Å². The lowest BCUT2D eigenvalue weighted by molar-refractivity contribution is -0.141. The summed E-state index contributed by atoms with van der Waals surface area (Å²) in [5, 5.41) is 27.6. The number of carboxylic acids is 1. The third kappa shape index (κ3) is 7.82. The lowest BCUT2D eigenvalue weighted by Crippen LogP contribution is -2.59. The third-order valence-corrected chi connectivity index (χ3v) is 6.98. The van der Waals surface area contributed by atoms with Gasteiger partial charge in [-0.15, -0.1) is 0 Å². The third-order valence-electron chi connectivity index (χ3n) is 6.98. The summed E-state index contributed by atoms with van der Waals surface area (Å²) in [4.78, 5) is 54.0. The van der Waals surface area contributed by atoms with Crippen LogP contribution in [0.4, 0.5) is 0 Å². The van der Waals surface area contributed by atoms with E-state index in [9.17, 15) is 29.4 Å². The number of rotatable bonds is 13.